The molecule has 5 heteroatoms. The molecule has 2 atom stereocenters. The highest BCUT2D eigenvalue weighted by Crippen LogP contribution is 2.32. The Morgan fingerprint density at radius 1 is 1.29 bits per heavy atom. The van der Waals surface area contributed by atoms with E-state index < -0.39 is 11.6 Å². The van der Waals surface area contributed by atoms with Crippen LogP contribution in [0.2, 0.25) is 0 Å². The fourth-order valence-electron chi connectivity index (χ4n) is 1.94. The van der Waals surface area contributed by atoms with E-state index in [1.54, 1.807) is 36.4 Å². The van der Waals surface area contributed by atoms with Crippen LogP contribution in [0.3, 0.4) is 0 Å². The number of hydrogen-bond acceptors (Lipinski definition) is 3. The summed E-state index contributed by atoms with van der Waals surface area (Å²) in [5.74, 6) is 0. The van der Waals surface area contributed by atoms with Gasteiger partial charge in [0.1, 0.15) is 6.04 Å². The number of rotatable bonds is 2. The molecule has 2 N–H and O–H groups in total. The quantitative estimate of drug-likeness (QED) is 0.509. The molecule has 88 valence electrons. The summed E-state index contributed by atoms with van der Waals surface area (Å²) in [6, 6.07) is 6.56. The highest BCUT2D eigenvalue weighted by Gasteiger charge is 2.48. The summed E-state index contributed by atoms with van der Waals surface area (Å²) in [4.78, 5) is 11.1. The molecule has 0 heterocycles. The highest BCUT2D eigenvalue weighted by molar-refractivity contribution is 14.1. The van der Waals surface area contributed by atoms with Gasteiger partial charge in [-0.15, -0.1) is 0 Å². The second-order valence-corrected chi connectivity index (χ2v) is 5.10. The molecule has 4 nitrogen and oxygen atoms in total. The van der Waals surface area contributed by atoms with Crippen LogP contribution in [-0.2, 0) is 5.54 Å². The first-order chi connectivity index (χ1) is 8.07. The number of nitrogens with two attached hydrogens (primary N) is 1. The Balaban J connectivity index is 2.56. The molecular weight excluding hydrogens is 331 g/mol. The molecule has 0 radical (unpaired) electrons. The predicted molar refractivity (Wildman–Crippen MR) is 74.1 cm³/mol. The third-order valence-corrected chi connectivity index (χ3v) is 3.62. The van der Waals surface area contributed by atoms with Gasteiger partial charge in [-0.2, -0.15) is 0 Å². The van der Waals surface area contributed by atoms with Gasteiger partial charge in [0.25, 0.3) is 5.54 Å². The van der Waals surface area contributed by atoms with Crippen LogP contribution >= 0.6 is 22.6 Å². The first-order valence-electron chi connectivity index (χ1n) is 5.09. The maximum Gasteiger partial charge on any atom is 0.283 e. The molecule has 0 aliphatic heterocycles. The number of allylic oxidation sites excluding steroid dienone is 2. The topological polar surface area (TPSA) is 69.2 Å². The van der Waals surface area contributed by atoms with E-state index in [4.69, 9.17) is 5.73 Å². The van der Waals surface area contributed by atoms with E-state index in [9.17, 15) is 10.1 Å². The molecule has 0 spiro atoms. The Morgan fingerprint density at radius 2 is 1.94 bits per heavy atom. The van der Waals surface area contributed by atoms with Crippen molar-refractivity contribution in [3.63, 3.8) is 0 Å². The summed E-state index contributed by atoms with van der Waals surface area (Å²) >= 11 is 2.16. The third-order valence-electron chi connectivity index (χ3n) is 2.90. The summed E-state index contributed by atoms with van der Waals surface area (Å²) in [6.45, 7) is 0. The first kappa shape index (κ1) is 12.3. The van der Waals surface area contributed by atoms with Gasteiger partial charge < -0.3 is 5.73 Å². The average molecular weight is 342 g/mol. The van der Waals surface area contributed by atoms with Gasteiger partial charge in [0.15, 0.2) is 0 Å². The largest absolute Gasteiger partial charge is 0.318 e. The van der Waals surface area contributed by atoms with Gasteiger partial charge in [0.2, 0.25) is 0 Å². The SMILES string of the molecule is NC1C=CC=CC1(c1ccc(I)cc1)[N+](=O)[O-]. The second kappa shape index (κ2) is 4.58. The lowest BCUT2D eigenvalue weighted by atomic mass is 9.81. The van der Waals surface area contributed by atoms with Gasteiger partial charge in [-0.25, -0.2) is 0 Å². The fourth-order valence-corrected chi connectivity index (χ4v) is 2.30. The van der Waals surface area contributed by atoms with Crippen molar-refractivity contribution < 1.29 is 4.92 Å². The lowest BCUT2D eigenvalue weighted by molar-refractivity contribution is -0.565. The highest BCUT2D eigenvalue weighted by atomic mass is 127. The number of nitrogens with zero attached hydrogens (tertiary/aromatic N) is 1. The zero-order valence-corrected chi connectivity index (χ0v) is 11.1. The molecule has 0 aromatic heterocycles. The fraction of sp³-hybridized carbons (Fsp3) is 0.167. The van der Waals surface area contributed by atoms with Crippen molar-refractivity contribution in [2.24, 2.45) is 5.73 Å². The maximum absolute atomic E-state index is 11.4. The molecule has 1 aromatic carbocycles. The predicted octanol–water partition coefficient (Wildman–Crippen LogP) is 2.22. The maximum atomic E-state index is 11.4. The van der Waals surface area contributed by atoms with Crippen molar-refractivity contribution in [1.82, 2.24) is 0 Å². The van der Waals surface area contributed by atoms with Crippen LogP contribution in [0, 0.1) is 13.7 Å². The summed E-state index contributed by atoms with van der Waals surface area (Å²) in [5.41, 5.74) is 5.16. The van der Waals surface area contributed by atoms with Crippen molar-refractivity contribution >= 4 is 22.6 Å². The lowest BCUT2D eigenvalue weighted by Gasteiger charge is -2.28. The van der Waals surface area contributed by atoms with E-state index in [1.807, 2.05) is 12.1 Å². The van der Waals surface area contributed by atoms with E-state index in [-0.39, 0.29) is 4.92 Å². The van der Waals surface area contributed by atoms with Crippen LogP contribution in [0.25, 0.3) is 0 Å². The first-order valence-corrected chi connectivity index (χ1v) is 6.17. The van der Waals surface area contributed by atoms with Gasteiger partial charge in [-0.3, -0.25) is 10.1 Å². The van der Waals surface area contributed by atoms with Crippen LogP contribution in [0.4, 0.5) is 0 Å². The van der Waals surface area contributed by atoms with E-state index >= 15 is 0 Å². The third kappa shape index (κ3) is 2.00. The van der Waals surface area contributed by atoms with Crippen LogP contribution in [-0.4, -0.2) is 11.0 Å². The molecule has 0 saturated heterocycles. The second-order valence-electron chi connectivity index (χ2n) is 3.86. The molecule has 0 amide bonds. The van der Waals surface area contributed by atoms with E-state index in [0.29, 0.717) is 5.56 Å². The van der Waals surface area contributed by atoms with Gasteiger partial charge in [-0.05, 0) is 40.8 Å². The lowest BCUT2D eigenvalue weighted by Crippen LogP contribution is -2.49. The Morgan fingerprint density at radius 3 is 2.47 bits per heavy atom. The molecule has 0 saturated carbocycles. The molecule has 0 bridgehead atoms. The van der Waals surface area contributed by atoms with Crippen LogP contribution < -0.4 is 5.73 Å². The molecule has 1 aromatic rings. The number of benzene rings is 1. The zero-order valence-electron chi connectivity index (χ0n) is 8.92. The van der Waals surface area contributed by atoms with E-state index in [0.717, 1.165) is 3.57 Å². The summed E-state index contributed by atoms with van der Waals surface area (Å²) in [7, 11) is 0. The Labute approximate surface area is 112 Å². The van der Waals surface area contributed by atoms with Crippen LogP contribution in [0.5, 0.6) is 0 Å². The molecule has 1 aliphatic carbocycles. The van der Waals surface area contributed by atoms with Crippen molar-refractivity contribution in [2.75, 3.05) is 0 Å². The van der Waals surface area contributed by atoms with E-state index in [2.05, 4.69) is 22.6 Å². The van der Waals surface area contributed by atoms with Gasteiger partial charge in [-0.1, -0.05) is 30.4 Å². The molecule has 0 fully saturated rings. The van der Waals surface area contributed by atoms with Gasteiger partial charge >= 0.3 is 0 Å². The standard InChI is InChI=1S/C12H11IN2O2/c13-10-6-4-9(5-7-10)12(15(16)17)8-2-1-3-11(12)14/h1-8,11H,14H2. The molecule has 17 heavy (non-hydrogen) atoms. The number of nitro groups is 1. The van der Waals surface area contributed by atoms with Gasteiger partial charge in [0.05, 0.1) is 0 Å². The van der Waals surface area contributed by atoms with Crippen molar-refractivity contribution in [3.8, 4) is 0 Å². The Hall–Kier alpha value is -1.21. The normalized spacial score (nSPS) is 27.1. The Kier molecular flexibility index (Phi) is 3.30. The molecule has 2 rings (SSSR count). The van der Waals surface area contributed by atoms with Crippen molar-refractivity contribution in [2.45, 2.75) is 11.6 Å². The smallest absolute Gasteiger partial charge is 0.283 e. The Bertz CT molecular complexity index is 496. The molecular formula is C12H11IN2O2. The summed E-state index contributed by atoms with van der Waals surface area (Å²) in [5, 5.41) is 11.4. The minimum Gasteiger partial charge on any atom is -0.318 e. The summed E-state index contributed by atoms with van der Waals surface area (Å²) < 4.78 is 1.04. The monoisotopic (exact) mass is 342 g/mol. The van der Waals surface area contributed by atoms with Crippen molar-refractivity contribution in [1.29, 1.82) is 0 Å². The molecule has 1 aliphatic rings. The number of halogens is 1. The van der Waals surface area contributed by atoms with E-state index in [1.165, 1.54) is 0 Å². The minimum absolute atomic E-state index is 0.320. The summed E-state index contributed by atoms with van der Waals surface area (Å²) in [6.07, 6.45) is 6.61. The molecule has 2 unspecified atom stereocenters. The number of hydrogen-bond donors (Lipinski definition) is 1. The van der Waals surface area contributed by atoms with Crippen molar-refractivity contribution in [3.05, 3.63) is 67.8 Å². The average Bonchev–Trinajstić information content (AvgIpc) is 2.31. The van der Waals surface area contributed by atoms with Crippen LogP contribution in [0.15, 0.2) is 48.6 Å². The minimum atomic E-state index is -1.35. The van der Waals surface area contributed by atoms with Gasteiger partial charge in [0, 0.05) is 14.1 Å². The van der Waals surface area contributed by atoms with Crippen LogP contribution in [0.1, 0.15) is 5.56 Å². The zero-order chi connectivity index (χ0) is 12.5.